The molecule has 1 heterocycles. The summed E-state index contributed by atoms with van der Waals surface area (Å²) in [5.74, 6) is 0.396. The maximum atomic E-state index is 10.6. The zero-order chi connectivity index (χ0) is 21.5. The highest BCUT2D eigenvalue weighted by molar-refractivity contribution is 5.93. The molecule has 3 nitrogen and oxygen atoms in total. The van der Waals surface area contributed by atoms with E-state index in [1.807, 2.05) is 13.0 Å². The minimum absolute atomic E-state index is 0. The molecule has 4 heteroatoms. The third-order valence-electron chi connectivity index (χ3n) is 5.79. The van der Waals surface area contributed by atoms with Gasteiger partial charge in [0.05, 0.1) is 0 Å². The largest absolute Gasteiger partial charge is 0.507 e. The third kappa shape index (κ3) is 4.57. The first-order chi connectivity index (χ1) is 14.2. The summed E-state index contributed by atoms with van der Waals surface area (Å²) < 4.78 is 0. The van der Waals surface area contributed by atoms with Crippen molar-refractivity contribution in [2.24, 2.45) is 0 Å². The summed E-state index contributed by atoms with van der Waals surface area (Å²) in [5.41, 5.74) is 8.69. The number of aromatic hydroxyl groups is 1. The summed E-state index contributed by atoms with van der Waals surface area (Å²) in [5, 5.41) is 15.3. The SMILES string of the molecule is Cc1cc(-c2[nH]c3ccc(NCc4ccccc4)cc3c2C)cc(C(C)(C)C)c1O.Cl. The Labute approximate surface area is 190 Å². The fourth-order valence-electron chi connectivity index (χ4n) is 4.02. The highest BCUT2D eigenvalue weighted by Crippen LogP contribution is 2.39. The van der Waals surface area contributed by atoms with Crippen molar-refractivity contribution in [2.45, 2.75) is 46.6 Å². The highest BCUT2D eigenvalue weighted by Gasteiger charge is 2.21. The van der Waals surface area contributed by atoms with Crippen molar-refractivity contribution in [3.8, 4) is 17.0 Å². The average Bonchev–Trinajstić information content (AvgIpc) is 3.04. The van der Waals surface area contributed by atoms with E-state index >= 15 is 0 Å². The number of halogens is 1. The standard InChI is InChI=1S/C27H30N2O.ClH/c1-17-13-20(14-23(26(17)30)27(3,4)5)25-18(2)22-15-21(11-12-24(22)29-25)28-16-19-9-7-6-8-10-19;/h6-15,28-30H,16H2,1-5H3;1H. The molecule has 0 atom stereocenters. The summed E-state index contributed by atoms with van der Waals surface area (Å²) in [6, 6.07) is 21.1. The lowest BCUT2D eigenvalue weighted by Crippen LogP contribution is -2.12. The molecule has 3 N–H and O–H groups in total. The van der Waals surface area contributed by atoms with Gasteiger partial charge >= 0.3 is 0 Å². The van der Waals surface area contributed by atoms with Gasteiger partial charge in [-0.25, -0.2) is 0 Å². The lowest BCUT2D eigenvalue weighted by molar-refractivity contribution is 0.443. The van der Waals surface area contributed by atoms with Crippen LogP contribution >= 0.6 is 12.4 Å². The lowest BCUT2D eigenvalue weighted by Gasteiger charge is -2.22. The number of aryl methyl sites for hydroxylation is 2. The Morgan fingerprint density at radius 3 is 2.32 bits per heavy atom. The van der Waals surface area contributed by atoms with Gasteiger partial charge in [-0.1, -0.05) is 51.1 Å². The zero-order valence-electron chi connectivity index (χ0n) is 18.8. The number of benzene rings is 3. The van der Waals surface area contributed by atoms with Gasteiger partial charge in [-0.05, 0) is 71.8 Å². The van der Waals surface area contributed by atoms with E-state index in [2.05, 4.69) is 92.6 Å². The fourth-order valence-corrected chi connectivity index (χ4v) is 4.02. The van der Waals surface area contributed by atoms with Crippen molar-refractivity contribution in [3.63, 3.8) is 0 Å². The molecule has 0 bridgehead atoms. The molecule has 0 fully saturated rings. The third-order valence-corrected chi connectivity index (χ3v) is 5.79. The molecule has 162 valence electrons. The Hall–Kier alpha value is -2.91. The van der Waals surface area contributed by atoms with Crippen LogP contribution in [0.3, 0.4) is 0 Å². The number of H-pyrrole nitrogens is 1. The monoisotopic (exact) mass is 434 g/mol. The molecule has 0 amide bonds. The first-order valence-electron chi connectivity index (χ1n) is 10.5. The van der Waals surface area contributed by atoms with Gasteiger partial charge in [0.1, 0.15) is 5.75 Å². The summed E-state index contributed by atoms with van der Waals surface area (Å²) in [4.78, 5) is 3.60. The molecule has 0 unspecified atom stereocenters. The van der Waals surface area contributed by atoms with Crippen molar-refractivity contribution in [1.29, 1.82) is 0 Å². The van der Waals surface area contributed by atoms with Gasteiger partial charge in [-0.15, -0.1) is 12.4 Å². The number of anilines is 1. The second kappa shape index (κ2) is 8.68. The molecule has 4 rings (SSSR count). The van der Waals surface area contributed by atoms with E-state index in [0.717, 1.165) is 40.1 Å². The van der Waals surface area contributed by atoms with E-state index in [4.69, 9.17) is 0 Å². The van der Waals surface area contributed by atoms with Crippen LogP contribution in [0.15, 0.2) is 60.7 Å². The minimum Gasteiger partial charge on any atom is -0.507 e. The van der Waals surface area contributed by atoms with Crippen LogP contribution < -0.4 is 5.32 Å². The molecule has 1 aromatic heterocycles. The number of hydrogen-bond acceptors (Lipinski definition) is 2. The van der Waals surface area contributed by atoms with Crippen LogP contribution in [-0.2, 0) is 12.0 Å². The molecule has 3 aromatic carbocycles. The maximum absolute atomic E-state index is 10.6. The summed E-state index contributed by atoms with van der Waals surface area (Å²) in [7, 11) is 0. The second-order valence-corrected chi connectivity index (χ2v) is 9.16. The van der Waals surface area contributed by atoms with E-state index in [1.54, 1.807) is 0 Å². The number of rotatable bonds is 4. The van der Waals surface area contributed by atoms with Crippen molar-refractivity contribution < 1.29 is 5.11 Å². The highest BCUT2D eigenvalue weighted by atomic mass is 35.5. The molecular weight excluding hydrogens is 404 g/mol. The Kier molecular flexibility index (Phi) is 6.38. The van der Waals surface area contributed by atoms with Crippen LogP contribution in [0.25, 0.3) is 22.2 Å². The van der Waals surface area contributed by atoms with E-state index in [9.17, 15) is 5.11 Å². The van der Waals surface area contributed by atoms with Crippen LogP contribution in [-0.4, -0.2) is 10.1 Å². The molecule has 0 spiro atoms. The van der Waals surface area contributed by atoms with Crippen LogP contribution in [0.2, 0.25) is 0 Å². The molecular formula is C27H31ClN2O. The quantitative estimate of drug-likeness (QED) is 0.311. The zero-order valence-corrected chi connectivity index (χ0v) is 19.7. The lowest BCUT2D eigenvalue weighted by atomic mass is 9.83. The number of fused-ring (bicyclic) bond motifs is 1. The molecule has 0 aliphatic carbocycles. The molecule has 0 aliphatic rings. The summed E-state index contributed by atoms with van der Waals surface area (Å²) in [6.45, 7) is 11.3. The van der Waals surface area contributed by atoms with Crippen molar-refractivity contribution in [1.82, 2.24) is 4.98 Å². The Morgan fingerprint density at radius 1 is 0.935 bits per heavy atom. The Bertz CT molecular complexity index is 1200. The van der Waals surface area contributed by atoms with Crippen molar-refractivity contribution in [3.05, 3.63) is 82.9 Å². The molecule has 31 heavy (non-hydrogen) atoms. The summed E-state index contributed by atoms with van der Waals surface area (Å²) in [6.07, 6.45) is 0. The van der Waals surface area contributed by atoms with Crippen molar-refractivity contribution in [2.75, 3.05) is 5.32 Å². The van der Waals surface area contributed by atoms with E-state index in [1.165, 1.54) is 16.5 Å². The number of phenols is 1. The Morgan fingerprint density at radius 2 is 1.65 bits per heavy atom. The summed E-state index contributed by atoms with van der Waals surface area (Å²) >= 11 is 0. The smallest absolute Gasteiger partial charge is 0.122 e. The van der Waals surface area contributed by atoms with E-state index in [-0.39, 0.29) is 17.8 Å². The number of aromatic nitrogens is 1. The average molecular weight is 435 g/mol. The maximum Gasteiger partial charge on any atom is 0.122 e. The van der Waals surface area contributed by atoms with Gasteiger partial charge in [-0.3, -0.25) is 0 Å². The van der Waals surface area contributed by atoms with Crippen LogP contribution in [0.1, 0.15) is 43.0 Å². The molecule has 0 saturated heterocycles. The number of hydrogen-bond donors (Lipinski definition) is 3. The van der Waals surface area contributed by atoms with Crippen LogP contribution in [0, 0.1) is 13.8 Å². The predicted molar refractivity (Wildman–Crippen MR) is 135 cm³/mol. The van der Waals surface area contributed by atoms with Crippen molar-refractivity contribution >= 4 is 29.0 Å². The topological polar surface area (TPSA) is 48.0 Å². The number of aromatic amines is 1. The van der Waals surface area contributed by atoms with Gasteiger partial charge < -0.3 is 15.4 Å². The number of phenolic OH excluding ortho intramolecular Hbond substituents is 1. The molecule has 0 aliphatic heterocycles. The molecule has 0 radical (unpaired) electrons. The fraction of sp³-hybridized carbons (Fsp3) is 0.259. The first-order valence-corrected chi connectivity index (χ1v) is 10.5. The van der Waals surface area contributed by atoms with Gasteiger partial charge in [-0.2, -0.15) is 0 Å². The Balaban J connectivity index is 0.00000272. The first kappa shape index (κ1) is 22.8. The van der Waals surface area contributed by atoms with Gasteiger partial charge in [0.25, 0.3) is 0 Å². The van der Waals surface area contributed by atoms with E-state index < -0.39 is 0 Å². The predicted octanol–water partition coefficient (Wildman–Crippen LogP) is 7.49. The molecule has 4 aromatic rings. The van der Waals surface area contributed by atoms with Crippen LogP contribution in [0.4, 0.5) is 5.69 Å². The molecule has 0 saturated carbocycles. The minimum atomic E-state index is -0.126. The van der Waals surface area contributed by atoms with Gasteiger partial charge in [0.2, 0.25) is 0 Å². The second-order valence-electron chi connectivity index (χ2n) is 9.16. The van der Waals surface area contributed by atoms with Gasteiger partial charge in [0, 0.05) is 34.4 Å². The number of nitrogens with one attached hydrogen (secondary N) is 2. The van der Waals surface area contributed by atoms with E-state index in [0.29, 0.717) is 5.75 Å². The van der Waals surface area contributed by atoms with Crippen LogP contribution in [0.5, 0.6) is 5.75 Å². The normalized spacial score (nSPS) is 11.4. The van der Waals surface area contributed by atoms with Gasteiger partial charge in [0.15, 0.2) is 0 Å².